The zero-order valence-electron chi connectivity index (χ0n) is 23.0. The Morgan fingerprint density at radius 2 is 1.74 bits per heavy atom. The minimum absolute atomic E-state index is 0. The van der Waals surface area contributed by atoms with Gasteiger partial charge in [-0.1, -0.05) is 42.4 Å². The van der Waals surface area contributed by atoms with Crippen molar-refractivity contribution in [2.45, 2.75) is 12.7 Å². The molecule has 4 aromatic rings. The third-order valence-electron chi connectivity index (χ3n) is 3.67. The van der Waals surface area contributed by atoms with Gasteiger partial charge in [-0.25, -0.2) is 8.42 Å². The molecule has 0 saturated carbocycles. The fourth-order valence-electron chi connectivity index (χ4n) is 2.49. The summed E-state index contributed by atoms with van der Waals surface area (Å²) in [5, 5.41) is 19.0. The number of pyridine rings is 2. The van der Waals surface area contributed by atoms with Crippen molar-refractivity contribution in [1.29, 1.82) is 0 Å². The van der Waals surface area contributed by atoms with Crippen molar-refractivity contribution in [2.24, 2.45) is 0 Å². The molecule has 186 valence electrons. The molecule has 0 aliphatic rings. The maximum atomic E-state index is 12.3. The minimum Gasteiger partial charge on any atom is -0.575 e. The second kappa shape index (κ2) is 14.5. The van der Waals surface area contributed by atoms with Gasteiger partial charge in [-0.2, -0.15) is 0 Å². The number of sulfonamides is 1. The van der Waals surface area contributed by atoms with Crippen molar-refractivity contribution in [3.05, 3.63) is 112 Å². The smallest absolute Gasteiger partial charge is 0.300 e. The van der Waals surface area contributed by atoms with E-state index < -0.39 is 57.1 Å². The molecule has 1 N–H and O–H groups in total. The van der Waals surface area contributed by atoms with Gasteiger partial charge in [0.1, 0.15) is 0 Å². The number of nitrogens with zero attached hydrogens (tertiary/aromatic N) is 4. The number of non-ortho nitro benzene ring substituents is 1. The molecule has 2 aromatic carbocycles. The Morgan fingerprint density at radius 3 is 2.40 bits per heavy atom. The molecule has 10 nitrogen and oxygen atoms in total. The van der Waals surface area contributed by atoms with Crippen molar-refractivity contribution >= 4 is 38.3 Å². The summed E-state index contributed by atoms with van der Waals surface area (Å²) in [5.74, 6) is -1.25. The largest absolute Gasteiger partial charge is 0.575 e. The molecule has 0 amide bonds. The van der Waals surface area contributed by atoms with E-state index in [0.29, 0.717) is 11.1 Å². The molecule has 0 radical (unpaired) electrons. The van der Waals surface area contributed by atoms with E-state index in [4.69, 9.17) is 16.8 Å². The van der Waals surface area contributed by atoms with E-state index in [1.54, 1.807) is 24.4 Å². The van der Waals surface area contributed by atoms with E-state index in [0.717, 1.165) is 12.3 Å². The van der Waals surface area contributed by atoms with Crippen LogP contribution >= 0.6 is 0 Å². The molecule has 0 aliphatic heterocycles. The van der Waals surface area contributed by atoms with Crippen molar-refractivity contribution in [3.63, 3.8) is 0 Å². The Morgan fingerprint density at radius 1 is 1.11 bits per heavy atom. The van der Waals surface area contributed by atoms with Crippen LogP contribution in [0.5, 0.6) is 0 Å². The summed E-state index contributed by atoms with van der Waals surface area (Å²) in [6.45, 7) is 1.08. The molecule has 0 fully saturated rings. The van der Waals surface area contributed by atoms with Crippen LogP contribution in [0.4, 0.5) is 11.4 Å². The Kier molecular flexibility index (Phi) is 9.04. The second-order valence-electron chi connectivity index (χ2n) is 6.33. The zero-order chi connectivity index (χ0) is 29.3. The molecule has 35 heavy (non-hydrogen) atoms. The summed E-state index contributed by atoms with van der Waals surface area (Å²) in [6, 6.07) is 12.9. The van der Waals surface area contributed by atoms with E-state index in [9.17, 15) is 18.5 Å². The van der Waals surface area contributed by atoms with Crippen LogP contribution in [0.15, 0.2) is 91.3 Å². The van der Waals surface area contributed by atoms with E-state index in [-0.39, 0.29) is 31.8 Å². The first kappa shape index (κ1) is 21.8. The molecular weight excluding hydrogens is 567 g/mol. The number of para-hydroxylation sites is 1. The van der Waals surface area contributed by atoms with Gasteiger partial charge in [-0.05, 0) is 29.1 Å². The topological polar surface area (TPSA) is 154 Å². The maximum absolute atomic E-state index is 12.3. The van der Waals surface area contributed by atoms with Gasteiger partial charge in [-0.3, -0.25) is 24.9 Å². The Hall–Kier alpha value is -3.72. The number of aromatic nitrogens is 2. The van der Waals surface area contributed by atoms with Gasteiger partial charge in [0.2, 0.25) is 0 Å². The number of hydrogen-bond donors (Lipinski definition) is 1. The Bertz CT molecular complexity index is 1590. The minimum atomic E-state index is -3.86. The first-order chi connectivity index (χ1) is 18.2. The van der Waals surface area contributed by atoms with Crippen LogP contribution in [0.3, 0.4) is 0 Å². The third-order valence-corrected chi connectivity index (χ3v) is 4.84. The predicted molar refractivity (Wildman–Crippen MR) is 128 cm³/mol. The SMILES string of the molecule is CC(=O)O.O=[N+]([O-])c1cccc(CS(=O)(=O)[N-]c2cccc3cccnc23)c1.[2H]c1nc([2H])c([2H])c([2H])c1[2H].[Pd]. The Labute approximate surface area is 222 Å². The van der Waals surface area contributed by atoms with E-state index in [1.807, 2.05) is 12.1 Å². The van der Waals surface area contributed by atoms with Gasteiger partial charge >= 0.3 is 0 Å². The molecule has 4 rings (SSSR count). The van der Waals surface area contributed by atoms with Crippen molar-refractivity contribution in [2.75, 3.05) is 0 Å². The molecule has 2 heterocycles. The summed E-state index contributed by atoms with van der Waals surface area (Å²) in [7, 11) is -3.86. The van der Waals surface area contributed by atoms with Crippen molar-refractivity contribution in [3.8, 4) is 0 Å². The van der Waals surface area contributed by atoms with Crippen LogP contribution < -0.4 is 0 Å². The molecule has 0 spiro atoms. The summed E-state index contributed by atoms with van der Waals surface area (Å²) in [6.07, 6.45) is 0.723. The summed E-state index contributed by atoms with van der Waals surface area (Å²) >= 11 is 0. The quantitative estimate of drug-likeness (QED) is 0.196. The van der Waals surface area contributed by atoms with E-state index >= 15 is 0 Å². The molecule has 12 heteroatoms. The first-order valence-electron chi connectivity index (χ1n) is 11.8. The molecule has 0 aliphatic carbocycles. The predicted octanol–water partition coefficient (Wildman–Crippen LogP) is 4.85. The van der Waals surface area contributed by atoms with Crippen LogP contribution in [-0.2, 0) is 41.0 Å². The first-order valence-corrected chi connectivity index (χ1v) is 11.0. The number of carboxylic acid groups (broad SMARTS) is 1. The third kappa shape index (κ3) is 10.8. The molecular formula is C23H21N4O6PdS-. The number of carbonyl (C=O) groups is 1. The van der Waals surface area contributed by atoms with Crippen molar-refractivity contribution in [1.82, 2.24) is 9.97 Å². The average Bonchev–Trinajstić information content (AvgIpc) is 2.86. The summed E-state index contributed by atoms with van der Waals surface area (Å²) in [4.78, 5) is 26.6. The maximum Gasteiger partial charge on any atom is 0.300 e. The number of hydrogen-bond acceptors (Lipinski definition) is 7. The number of fused-ring (bicyclic) bond motifs is 1. The van der Waals surface area contributed by atoms with Crippen LogP contribution in [0.1, 0.15) is 19.3 Å². The normalized spacial score (nSPS) is 11.9. The van der Waals surface area contributed by atoms with Crippen LogP contribution in [0.25, 0.3) is 15.6 Å². The zero-order valence-corrected chi connectivity index (χ0v) is 20.4. The van der Waals surface area contributed by atoms with Crippen LogP contribution in [-0.4, -0.2) is 34.4 Å². The number of benzene rings is 2. The number of nitro groups is 1. The number of rotatable bonds is 5. The fraction of sp³-hybridized carbons (Fsp3) is 0.0870. The standard InChI is InChI=1S/C16H12N3O4S.C5H5N.C2H4O2.Pd/c20-19(21)14-7-1-4-12(10-14)11-24(22,23)18-15-8-2-5-13-6-3-9-17-16(13)15;1-2-4-6-5-3-1;1-2(3)4;/h1-10H,11H2;1-5H;1H3,(H,3,4);/q-1;;;/i;1D,2D,3D,4D,5D;;. The van der Waals surface area contributed by atoms with E-state index in [2.05, 4.69) is 14.7 Å². The molecule has 0 atom stereocenters. The number of carboxylic acids is 1. The molecule has 0 saturated heterocycles. The second-order valence-corrected chi connectivity index (χ2v) is 7.96. The van der Waals surface area contributed by atoms with Crippen LogP contribution in [0, 0.1) is 10.1 Å². The Balaban J connectivity index is 0.000000418. The van der Waals surface area contributed by atoms with Crippen molar-refractivity contribution < 1.29 is 50.5 Å². The summed E-state index contributed by atoms with van der Waals surface area (Å²) in [5.41, 5.74) is 0.886. The van der Waals surface area contributed by atoms with Crippen LogP contribution in [0.2, 0.25) is 0 Å². The van der Waals surface area contributed by atoms with Gasteiger partial charge in [0, 0.05) is 58.0 Å². The number of nitro benzene ring substituents is 1. The van der Waals surface area contributed by atoms with Gasteiger partial charge in [-0.15, -0.1) is 5.69 Å². The average molecular weight is 593 g/mol. The monoisotopic (exact) mass is 592 g/mol. The summed E-state index contributed by atoms with van der Waals surface area (Å²) < 4.78 is 63.6. The van der Waals surface area contributed by atoms with Gasteiger partial charge < -0.3 is 9.83 Å². The fourth-order valence-corrected chi connectivity index (χ4v) is 3.60. The van der Waals surface area contributed by atoms with Gasteiger partial charge in [0.15, 0.2) is 0 Å². The molecule has 0 unspecified atom stereocenters. The van der Waals surface area contributed by atoms with Gasteiger partial charge in [0.25, 0.3) is 11.7 Å². The molecule has 2 aromatic heterocycles. The van der Waals surface area contributed by atoms with E-state index in [1.165, 1.54) is 24.3 Å². The number of aliphatic carboxylic acids is 1. The van der Waals surface area contributed by atoms with Gasteiger partial charge in [0.05, 0.1) is 33.1 Å². The molecule has 0 bridgehead atoms.